The predicted molar refractivity (Wildman–Crippen MR) is 97.0 cm³/mol. The van der Waals surface area contributed by atoms with Crippen molar-refractivity contribution in [2.45, 2.75) is 38.3 Å². The smallest absolute Gasteiger partial charge is 0.188 e. The first-order valence-electron chi connectivity index (χ1n) is 7.29. The van der Waals surface area contributed by atoms with E-state index in [-0.39, 0.29) is 24.0 Å². The zero-order valence-corrected chi connectivity index (χ0v) is 14.4. The summed E-state index contributed by atoms with van der Waals surface area (Å²) in [5.74, 6) is 0.571. The number of para-hydroxylation sites is 2. The van der Waals surface area contributed by atoms with Crippen LogP contribution < -0.4 is 11.1 Å². The fourth-order valence-electron chi connectivity index (χ4n) is 2.79. The predicted octanol–water partition coefficient (Wildman–Crippen LogP) is 2.50. The number of imidazole rings is 1. The molecule has 0 bridgehead atoms. The third kappa shape index (κ3) is 4.09. The van der Waals surface area contributed by atoms with E-state index in [1.807, 2.05) is 24.5 Å². The molecule has 6 heteroatoms. The molecule has 0 spiro atoms. The Labute approximate surface area is 142 Å². The molecule has 5 nitrogen and oxygen atoms in total. The summed E-state index contributed by atoms with van der Waals surface area (Å²) in [6.45, 7) is 1.47. The summed E-state index contributed by atoms with van der Waals surface area (Å²) < 4.78 is 2.11. The van der Waals surface area contributed by atoms with Crippen LogP contribution >= 0.6 is 24.0 Å². The number of aromatic nitrogens is 2. The standard InChI is InChI=1S/C15H21N5.HI/c16-15(19-12-5-1-2-6-12)17-9-10-20-11-18-13-7-3-4-8-14(13)20;/h3-4,7-8,11-12H,1-2,5-6,9-10H2,(H3,16,17,19);1H. The fourth-order valence-corrected chi connectivity index (χ4v) is 2.79. The molecule has 0 amide bonds. The summed E-state index contributed by atoms with van der Waals surface area (Å²) >= 11 is 0. The number of nitrogens with one attached hydrogen (secondary N) is 1. The van der Waals surface area contributed by atoms with Gasteiger partial charge >= 0.3 is 0 Å². The van der Waals surface area contributed by atoms with Crippen molar-refractivity contribution < 1.29 is 0 Å². The van der Waals surface area contributed by atoms with Gasteiger partial charge in [-0.3, -0.25) is 4.99 Å². The van der Waals surface area contributed by atoms with Gasteiger partial charge in [0.05, 0.1) is 23.9 Å². The van der Waals surface area contributed by atoms with Crippen molar-refractivity contribution in [3.63, 3.8) is 0 Å². The number of aliphatic imine (C=N–C) groups is 1. The highest BCUT2D eigenvalue weighted by atomic mass is 127. The maximum atomic E-state index is 5.92. The van der Waals surface area contributed by atoms with E-state index in [0.29, 0.717) is 18.5 Å². The first kappa shape index (κ1) is 16.1. The number of hydrogen-bond acceptors (Lipinski definition) is 2. The van der Waals surface area contributed by atoms with Gasteiger partial charge in [-0.25, -0.2) is 4.98 Å². The monoisotopic (exact) mass is 399 g/mol. The van der Waals surface area contributed by atoms with Crippen molar-refractivity contribution in [1.82, 2.24) is 14.9 Å². The lowest BCUT2D eigenvalue weighted by atomic mass is 10.2. The second-order valence-corrected chi connectivity index (χ2v) is 5.32. The minimum Gasteiger partial charge on any atom is -0.370 e. The first-order valence-corrected chi connectivity index (χ1v) is 7.29. The van der Waals surface area contributed by atoms with Gasteiger partial charge in [0.2, 0.25) is 0 Å². The van der Waals surface area contributed by atoms with Gasteiger partial charge in [-0.05, 0) is 25.0 Å². The molecule has 1 fully saturated rings. The maximum Gasteiger partial charge on any atom is 0.188 e. The summed E-state index contributed by atoms with van der Waals surface area (Å²) in [4.78, 5) is 8.77. The van der Waals surface area contributed by atoms with Gasteiger partial charge < -0.3 is 15.6 Å². The third-order valence-corrected chi connectivity index (χ3v) is 3.86. The van der Waals surface area contributed by atoms with Gasteiger partial charge in [0.1, 0.15) is 0 Å². The Morgan fingerprint density at radius 2 is 2.10 bits per heavy atom. The zero-order chi connectivity index (χ0) is 13.8. The van der Waals surface area contributed by atoms with Crippen molar-refractivity contribution in [2.75, 3.05) is 6.54 Å². The number of fused-ring (bicyclic) bond motifs is 1. The van der Waals surface area contributed by atoms with Crippen LogP contribution in [0.1, 0.15) is 25.7 Å². The molecule has 3 rings (SSSR count). The third-order valence-electron chi connectivity index (χ3n) is 3.86. The van der Waals surface area contributed by atoms with E-state index in [1.165, 1.54) is 25.7 Å². The van der Waals surface area contributed by atoms with E-state index < -0.39 is 0 Å². The Morgan fingerprint density at radius 1 is 1.33 bits per heavy atom. The number of benzene rings is 1. The van der Waals surface area contributed by atoms with Gasteiger partial charge in [-0.15, -0.1) is 24.0 Å². The second-order valence-electron chi connectivity index (χ2n) is 5.32. The molecule has 0 unspecified atom stereocenters. The molecule has 0 atom stereocenters. The summed E-state index contributed by atoms with van der Waals surface area (Å²) in [6, 6.07) is 8.64. The van der Waals surface area contributed by atoms with E-state index in [0.717, 1.165) is 17.6 Å². The summed E-state index contributed by atoms with van der Waals surface area (Å²) in [7, 11) is 0. The van der Waals surface area contributed by atoms with Crippen molar-refractivity contribution in [3.8, 4) is 0 Å². The second kappa shape index (κ2) is 7.63. The molecule has 1 aliphatic carbocycles. The van der Waals surface area contributed by atoms with Crippen molar-refractivity contribution in [3.05, 3.63) is 30.6 Å². The molecule has 21 heavy (non-hydrogen) atoms. The first-order chi connectivity index (χ1) is 9.83. The van der Waals surface area contributed by atoms with Crippen molar-refractivity contribution in [2.24, 2.45) is 10.7 Å². The molecular formula is C15H22IN5. The van der Waals surface area contributed by atoms with Crippen molar-refractivity contribution >= 4 is 41.0 Å². The number of halogens is 1. The lowest BCUT2D eigenvalue weighted by Crippen LogP contribution is -2.38. The van der Waals surface area contributed by atoms with Gasteiger partial charge in [0.25, 0.3) is 0 Å². The van der Waals surface area contributed by atoms with E-state index in [1.54, 1.807) is 0 Å². The van der Waals surface area contributed by atoms with Crippen LogP contribution in [0.3, 0.4) is 0 Å². The molecule has 1 saturated carbocycles. The molecule has 1 aromatic carbocycles. The lowest BCUT2D eigenvalue weighted by Gasteiger charge is -2.12. The summed E-state index contributed by atoms with van der Waals surface area (Å²) in [6.07, 6.45) is 6.88. The molecule has 0 radical (unpaired) electrons. The van der Waals surface area contributed by atoms with E-state index in [9.17, 15) is 0 Å². The minimum atomic E-state index is 0. The van der Waals surface area contributed by atoms with Crippen molar-refractivity contribution in [1.29, 1.82) is 0 Å². The van der Waals surface area contributed by atoms with E-state index >= 15 is 0 Å². The van der Waals surface area contributed by atoms with Crippen LogP contribution in [-0.2, 0) is 6.54 Å². The molecule has 114 valence electrons. The lowest BCUT2D eigenvalue weighted by molar-refractivity contribution is 0.622. The molecule has 1 aliphatic rings. The molecule has 1 aromatic heterocycles. The fraction of sp³-hybridized carbons (Fsp3) is 0.467. The van der Waals surface area contributed by atoms with Gasteiger partial charge in [-0.2, -0.15) is 0 Å². The highest BCUT2D eigenvalue weighted by Crippen LogP contribution is 2.17. The van der Waals surface area contributed by atoms with Crippen LogP contribution in [0.4, 0.5) is 0 Å². The average molecular weight is 399 g/mol. The van der Waals surface area contributed by atoms with Gasteiger partial charge in [-0.1, -0.05) is 25.0 Å². The quantitative estimate of drug-likeness (QED) is 0.472. The Morgan fingerprint density at radius 3 is 2.90 bits per heavy atom. The van der Waals surface area contributed by atoms with E-state index in [2.05, 4.69) is 25.9 Å². The van der Waals surface area contributed by atoms with E-state index in [4.69, 9.17) is 5.73 Å². The summed E-state index contributed by atoms with van der Waals surface area (Å²) in [5, 5.41) is 3.30. The Balaban J connectivity index is 0.00000161. The normalized spacial score (nSPS) is 16.1. The van der Waals surface area contributed by atoms with Crippen LogP contribution in [0.15, 0.2) is 35.6 Å². The van der Waals surface area contributed by atoms with Crippen LogP contribution in [0.5, 0.6) is 0 Å². The SMILES string of the molecule is I.NC(=NCCn1cnc2ccccc21)NC1CCCC1. The number of guanidine groups is 1. The topological polar surface area (TPSA) is 68.2 Å². The van der Waals surface area contributed by atoms with Crippen LogP contribution in [0.2, 0.25) is 0 Å². The zero-order valence-electron chi connectivity index (χ0n) is 12.0. The number of nitrogens with two attached hydrogens (primary N) is 1. The Bertz CT molecular complexity index is 601. The van der Waals surface area contributed by atoms with Crippen LogP contribution in [0, 0.1) is 0 Å². The maximum absolute atomic E-state index is 5.92. The van der Waals surface area contributed by atoms with Gasteiger partial charge in [0.15, 0.2) is 5.96 Å². The molecule has 1 heterocycles. The Hall–Kier alpha value is -1.31. The largest absolute Gasteiger partial charge is 0.370 e. The highest BCUT2D eigenvalue weighted by Gasteiger charge is 2.14. The van der Waals surface area contributed by atoms with Gasteiger partial charge in [0, 0.05) is 12.6 Å². The van der Waals surface area contributed by atoms with Crippen LogP contribution in [-0.4, -0.2) is 28.1 Å². The van der Waals surface area contributed by atoms with Crippen LogP contribution in [0.25, 0.3) is 11.0 Å². The molecule has 2 aromatic rings. The number of rotatable bonds is 4. The molecule has 0 saturated heterocycles. The average Bonchev–Trinajstić information content (AvgIpc) is 3.09. The number of hydrogen-bond donors (Lipinski definition) is 2. The number of nitrogens with zero attached hydrogens (tertiary/aromatic N) is 3. The molecular weight excluding hydrogens is 377 g/mol. The molecule has 3 N–H and O–H groups in total. The Kier molecular flexibility index (Phi) is 5.84. The summed E-state index contributed by atoms with van der Waals surface area (Å²) in [5.41, 5.74) is 8.08. The highest BCUT2D eigenvalue weighted by molar-refractivity contribution is 14.0. The minimum absolute atomic E-state index is 0. The molecule has 0 aliphatic heterocycles.